The van der Waals surface area contributed by atoms with Gasteiger partial charge < -0.3 is 9.94 Å². The predicted molar refractivity (Wildman–Crippen MR) is 74.0 cm³/mol. The van der Waals surface area contributed by atoms with Crippen LogP contribution in [0.15, 0.2) is 60.7 Å². The summed E-state index contributed by atoms with van der Waals surface area (Å²) in [6.07, 6.45) is -3.03. The molecule has 2 aromatic carbocycles. The quantitative estimate of drug-likeness (QED) is 0.499. The van der Waals surface area contributed by atoms with Gasteiger partial charge >= 0.3 is 0 Å². The summed E-state index contributed by atoms with van der Waals surface area (Å²) in [4.78, 5) is 27.3. The zero-order chi connectivity index (χ0) is 15.2. The van der Waals surface area contributed by atoms with Crippen molar-refractivity contribution in [3.05, 3.63) is 81.9 Å². The van der Waals surface area contributed by atoms with Crippen LogP contribution in [0, 0.1) is 10.1 Å². The molecule has 6 heteroatoms. The molecule has 0 aliphatic heterocycles. The number of ketones is 1. The Balaban J connectivity index is 2.28. The van der Waals surface area contributed by atoms with Crippen LogP contribution in [0.5, 0.6) is 0 Å². The van der Waals surface area contributed by atoms with Crippen molar-refractivity contribution in [2.75, 3.05) is 0 Å². The minimum atomic E-state index is -1.67. The number of Topliss-reactive ketones (excluding diaryl/α,β-unsaturated/α-hetero) is 1. The standard InChI is InChI=1S/C15H13NO5/c17-13(11-7-3-1-4-8-11)14(18)15(21-16(19)20)12-9-5-2-6-10-12/h1-10,14-15,18H. The number of carbonyl (C=O) groups is 1. The second-order valence-corrected chi connectivity index (χ2v) is 4.34. The molecular weight excluding hydrogens is 274 g/mol. The lowest BCUT2D eigenvalue weighted by Gasteiger charge is -2.20. The average Bonchev–Trinajstić information content (AvgIpc) is 2.53. The molecule has 1 N–H and O–H groups in total. The van der Waals surface area contributed by atoms with E-state index >= 15 is 0 Å². The van der Waals surface area contributed by atoms with Gasteiger partial charge in [-0.25, -0.2) is 0 Å². The average molecular weight is 287 g/mol. The summed E-state index contributed by atoms with van der Waals surface area (Å²) in [6, 6.07) is 16.2. The number of nitrogens with zero attached hydrogens (tertiary/aromatic N) is 1. The molecule has 6 nitrogen and oxygen atoms in total. The second-order valence-electron chi connectivity index (χ2n) is 4.34. The van der Waals surface area contributed by atoms with Crippen molar-refractivity contribution in [3.8, 4) is 0 Å². The number of rotatable bonds is 6. The summed E-state index contributed by atoms with van der Waals surface area (Å²) in [5.41, 5.74) is 0.615. The Hall–Kier alpha value is -2.73. The van der Waals surface area contributed by atoms with Gasteiger partial charge in [-0.15, -0.1) is 10.1 Å². The molecule has 0 heterocycles. The maximum Gasteiger partial charge on any atom is 0.295 e. The van der Waals surface area contributed by atoms with E-state index in [-0.39, 0.29) is 5.56 Å². The fourth-order valence-electron chi connectivity index (χ4n) is 1.95. The van der Waals surface area contributed by atoms with E-state index in [0.29, 0.717) is 5.56 Å². The number of carbonyl (C=O) groups excluding carboxylic acids is 1. The van der Waals surface area contributed by atoms with Crippen molar-refractivity contribution < 1.29 is 19.8 Å². The van der Waals surface area contributed by atoms with E-state index in [9.17, 15) is 20.0 Å². The first-order valence-corrected chi connectivity index (χ1v) is 6.23. The summed E-state index contributed by atoms with van der Waals surface area (Å²) in [6.45, 7) is 0. The topological polar surface area (TPSA) is 89.7 Å². The molecule has 0 fully saturated rings. The van der Waals surface area contributed by atoms with Crippen LogP contribution in [0.2, 0.25) is 0 Å². The Morgan fingerprint density at radius 1 is 1.05 bits per heavy atom. The number of hydrogen-bond donors (Lipinski definition) is 1. The zero-order valence-electron chi connectivity index (χ0n) is 11.0. The minimum Gasteiger partial charge on any atom is -0.382 e. The lowest BCUT2D eigenvalue weighted by molar-refractivity contribution is -0.772. The molecule has 2 aromatic rings. The molecule has 0 saturated heterocycles. The molecule has 0 spiro atoms. The van der Waals surface area contributed by atoms with Crippen molar-refractivity contribution in [3.63, 3.8) is 0 Å². The van der Waals surface area contributed by atoms with Gasteiger partial charge in [0, 0.05) is 5.56 Å². The van der Waals surface area contributed by atoms with E-state index in [1.54, 1.807) is 48.5 Å². The van der Waals surface area contributed by atoms with Crippen LogP contribution in [0.25, 0.3) is 0 Å². The maximum absolute atomic E-state index is 12.2. The Morgan fingerprint density at radius 2 is 1.57 bits per heavy atom. The molecule has 108 valence electrons. The summed E-state index contributed by atoms with van der Waals surface area (Å²) < 4.78 is 0. The third kappa shape index (κ3) is 3.64. The predicted octanol–water partition coefficient (Wildman–Crippen LogP) is 2.18. The van der Waals surface area contributed by atoms with Crippen LogP contribution < -0.4 is 0 Å². The molecule has 0 bridgehead atoms. The summed E-state index contributed by atoms with van der Waals surface area (Å²) in [5.74, 6) is -0.633. The van der Waals surface area contributed by atoms with Crippen molar-refractivity contribution in [1.29, 1.82) is 0 Å². The number of aliphatic hydroxyl groups excluding tert-OH is 1. The fourth-order valence-corrected chi connectivity index (χ4v) is 1.95. The monoisotopic (exact) mass is 287 g/mol. The van der Waals surface area contributed by atoms with Gasteiger partial charge in [0.2, 0.25) is 0 Å². The fraction of sp³-hybridized carbons (Fsp3) is 0.133. The molecule has 0 aromatic heterocycles. The highest BCUT2D eigenvalue weighted by molar-refractivity contribution is 5.99. The highest BCUT2D eigenvalue weighted by Crippen LogP contribution is 2.24. The molecule has 0 radical (unpaired) electrons. The molecule has 21 heavy (non-hydrogen) atoms. The highest BCUT2D eigenvalue weighted by Gasteiger charge is 2.31. The second kappa shape index (κ2) is 6.62. The first-order valence-electron chi connectivity index (χ1n) is 6.23. The van der Waals surface area contributed by atoms with Gasteiger partial charge in [-0.05, 0) is 5.56 Å². The Morgan fingerprint density at radius 3 is 2.10 bits per heavy atom. The zero-order valence-corrected chi connectivity index (χ0v) is 11.0. The molecule has 0 amide bonds. The van der Waals surface area contributed by atoms with Crippen LogP contribution in [-0.4, -0.2) is 22.1 Å². The van der Waals surface area contributed by atoms with Gasteiger partial charge in [0.1, 0.15) is 6.10 Å². The van der Waals surface area contributed by atoms with Gasteiger partial charge in [-0.3, -0.25) is 4.79 Å². The highest BCUT2D eigenvalue weighted by atomic mass is 17.0. The van der Waals surface area contributed by atoms with Crippen LogP contribution in [0.1, 0.15) is 22.0 Å². The minimum absolute atomic E-state index is 0.262. The Bertz CT molecular complexity index is 614. The first-order chi connectivity index (χ1) is 10.1. The Labute approximate surface area is 120 Å². The van der Waals surface area contributed by atoms with Crippen molar-refractivity contribution in [2.45, 2.75) is 12.2 Å². The van der Waals surface area contributed by atoms with Gasteiger partial charge in [0.25, 0.3) is 5.09 Å². The third-order valence-corrected chi connectivity index (χ3v) is 2.94. The SMILES string of the molecule is O=C(c1ccccc1)C(O)C(O[N+](=O)[O-])c1ccccc1. The lowest BCUT2D eigenvalue weighted by Crippen LogP contribution is -2.31. The number of aliphatic hydroxyl groups is 1. The molecule has 2 unspecified atom stereocenters. The van der Waals surface area contributed by atoms with Crippen molar-refractivity contribution in [1.82, 2.24) is 0 Å². The largest absolute Gasteiger partial charge is 0.382 e. The van der Waals surface area contributed by atoms with E-state index < -0.39 is 23.1 Å². The van der Waals surface area contributed by atoms with Gasteiger partial charge in [0.05, 0.1) is 0 Å². The molecular formula is C15H13NO5. The summed E-state index contributed by atoms with van der Waals surface area (Å²) >= 11 is 0. The molecule has 0 aliphatic rings. The normalized spacial score (nSPS) is 13.2. The first kappa shape index (κ1) is 14.7. The molecule has 2 atom stereocenters. The van der Waals surface area contributed by atoms with Gasteiger partial charge in [-0.1, -0.05) is 60.7 Å². The van der Waals surface area contributed by atoms with Crippen molar-refractivity contribution >= 4 is 5.78 Å². The van der Waals surface area contributed by atoms with Gasteiger partial charge in [0.15, 0.2) is 11.9 Å². The number of hydrogen-bond acceptors (Lipinski definition) is 5. The van der Waals surface area contributed by atoms with Crippen LogP contribution >= 0.6 is 0 Å². The lowest BCUT2D eigenvalue weighted by atomic mass is 9.97. The van der Waals surface area contributed by atoms with Crippen LogP contribution in [-0.2, 0) is 4.84 Å². The van der Waals surface area contributed by atoms with E-state index in [4.69, 9.17) is 0 Å². The smallest absolute Gasteiger partial charge is 0.295 e. The molecule has 0 aliphatic carbocycles. The summed E-state index contributed by atoms with van der Waals surface area (Å²) in [5, 5.41) is 19.7. The van der Waals surface area contributed by atoms with Gasteiger partial charge in [-0.2, -0.15) is 0 Å². The summed E-state index contributed by atoms with van der Waals surface area (Å²) in [7, 11) is 0. The van der Waals surface area contributed by atoms with E-state index in [2.05, 4.69) is 4.84 Å². The van der Waals surface area contributed by atoms with E-state index in [1.165, 1.54) is 12.1 Å². The van der Waals surface area contributed by atoms with Crippen molar-refractivity contribution in [2.24, 2.45) is 0 Å². The number of benzene rings is 2. The van der Waals surface area contributed by atoms with Crippen LogP contribution in [0.3, 0.4) is 0 Å². The molecule has 2 rings (SSSR count). The molecule has 0 saturated carbocycles. The van der Waals surface area contributed by atoms with E-state index in [0.717, 1.165) is 0 Å². The van der Waals surface area contributed by atoms with Crippen LogP contribution in [0.4, 0.5) is 0 Å². The third-order valence-electron chi connectivity index (χ3n) is 2.94. The maximum atomic E-state index is 12.2. The Kier molecular flexibility index (Phi) is 4.63. The van der Waals surface area contributed by atoms with E-state index in [1.807, 2.05) is 0 Å².